The van der Waals surface area contributed by atoms with Crippen LogP contribution in [0.25, 0.3) is 0 Å². The van der Waals surface area contributed by atoms with Crippen molar-refractivity contribution in [3.05, 3.63) is 35.4 Å². The Morgan fingerprint density at radius 1 is 1.09 bits per heavy atom. The zero-order valence-corrected chi connectivity index (χ0v) is 12.7. The van der Waals surface area contributed by atoms with Gasteiger partial charge in [0.2, 0.25) is 0 Å². The molecule has 3 nitrogen and oxygen atoms in total. The summed E-state index contributed by atoms with van der Waals surface area (Å²) in [5.41, 5.74) is 1.87. The Hall–Kier alpha value is -1.49. The number of hydrogen-bond acceptors (Lipinski definition) is 2. The van der Waals surface area contributed by atoms with Gasteiger partial charge in [-0.05, 0) is 49.5 Å². The average molecular weight is 308 g/mol. The van der Waals surface area contributed by atoms with Crippen LogP contribution in [0.3, 0.4) is 0 Å². The van der Waals surface area contributed by atoms with E-state index in [9.17, 15) is 13.6 Å². The van der Waals surface area contributed by atoms with Crippen molar-refractivity contribution in [2.75, 3.05) is 26.2 Å². The monoisotopic (exact) mass is 308 g/mol. The summed E-state index contributed by atoms with van der Waals surface area (Å²) in [7, 11) is 0. The van der Waals surface area contributed by atoms with E-state index in [1.54, 1.807) is 0 Å². The van der Waals surface area contributed by atoms with E-state index < -0.39 is 5.92 Å². The van der Waals surface area contributed by atoms with Crippen LogP contribution >= 0.6 is 0 Å². The maximum Gasteiger partial charge on any atom is 0.253 e. The van der Waals surface area contributed by atoms with Crippen molar-refractivity contribution in [1.29, 1.82) is 0 Å². The number of nitrogens with one attached hydrogen (secondary N) is 1. The van der Waals surface area contributed by atoms with Crippen molar-refractivity contribution >= 4 is 5.91 Å². The molecule has 0 aromatic heterocycles. The highest BCUT2D eigenvalue weighted by atomic mass is 19.3. The van der Waals surface area contributed by atoms with Crippen LogP contribution in [0.15, 0.2) is 24.3 Å². The lowest BCUT2D eigenvalue weighted by molar-refractivity contribution is -0.0494. The Balaban J connectivity index is 1.63. The molecule has 0 atom stereocenters. The SMILES string of the molecule is O=C(c1ccc(C2CCNCC2)cc1)N1CCC(F)(F)CC1. The van der Waals surface area contributed by atoms with Crippen molar-refractivity contribution in [2.24, 2.45) is 0 Å². The quantitative estimate of drug-likeness (QED) is 0.911. The number of benzene rings is 1. The molecule has 2 aliphatic heterocycles. The van der Waals surface area contributed by atoms with E-state index in [4.69, 9.17) is 0 Å². The fraction of sp³-hybridized carbons (Fsp3) is 0.588. The van der Waals surface area contributed by atoms with Gasteiger partial charge in [-0.25, -0.2) is 8.78 Å². The van der Waals surface area contributed by atoms with Crippen LogP contribution in [0, 0.1) is 0 Å². The first-order valence-corrected chi connectivity index (χ1v) is 8.03. The molecule has 2 fully saturated rings. The highest BCUT2D eigenvalue weighted by Crippen LogP contribution is 2.29. The number of amides is 1. The highest BCUT2D eigenvalue weighted by molar-refractivity contribution is 5.94. The van der Waals surface area contributed by atoms with Gasteiger partial charge in [-0.1, -0.05) is 12.1 Å². The normalized spacial score (nSPS) is 22.5. The number of rotatable bonds is 2. The molecule has 1 N–H and O–H groups in total. The number of carbonyl (C=O) groups excluding carboxylic acids is 1. The first kappa shape index (κ1) is 15.4. The first-order chi connectivity index (χ1) is 10.6. The number of nitrogens with zero attached hydrogens (tertiary/aromatic N) is 1. The van der Waals surface area contributed by atoms with Crippen LogP contribution < -0.4 is 5.32 Å². The third kappa shape index (κ3) is 3.46. The lowest BCUT2D eigenvalue weighted by Crippen LogP contribution is -2.42. The summed E-state index contributed by atoms with van der Waals surface area (Å²) in [5, 5.41) is 3.34. The summed E-state index contributed by atoms with van der Waals surface area (Å²) in [6.07, 6.45) is 1.78. The predicted octanol–water partition coefficient (Wildman–Crippen LogP) is 3.02. The third-order valence-electron chi connectivity index (χ3n) is 4.75. The molecule has 0 saturated carbocycles. The Morgan fingerprint density at radius 2 is 1.68 bits per heavy atom. The lowest BCUT2D eigenvalue weighted by Gasteiger charge is -2.31. The summed E-state index contributed by atoms with van der Waals surface area (Å²) in [6, 6.07) is 7.71. The maximum absolute atomic E-state index is 13.2. The fourth-order valence-electron chi connectivity index (χ4n) is 3.27. The van der Waals surface area contributed by atoms with E-state index in [0.717, 1.165) is 25.9 Å². The number of piperidine rings is 2. The van der Waals surface area contributed by atoms with Crippen molar-refractivity contribution < 1.29 is 13.6 Å². The zero-order valence-electron chi connectivity index (χ0n) is 12.7. The van der Waals surface area contributed by atoms with E-state index >= 15 is 0 Å². The summed E-state index contributed by atoms with van der Waals surface area (Å²) < 4.78 is 26.3. The van der Waals surface area contributed by atoms with Crippen LogP contribution in [-0.4, -0.2) is 42.9 Å². The largest absolute Gasteiger partial charge is 0.338 e. The topological polar surface area (TPSA) is 32.3 Å². The minimum absolute atomic E-state index is 0.132. The molecule has 2 heterocycles. The molecule has 0 spiro atoms. The van der Waals surface area contributed by atoms with Crippen LogP contribution in [0.4, 0.5) is 8.78 Å². The number of halogens is 2. The van der Waals surface area contributed by atoms with Gasteiger partial charge in [-0.3, -0.25) is 4.79 Å². The van der Waals surface area contributed by atoms with Crippen molar-refractivity contribution in [2.45, 2.75) is 37.5 Å². The second-order valence-corrected chi connectivity index (χ2v) is 6.29. The number of carbonyl (C=O) groups is 1. The Bertz CT molecular complexity index is 514. The summed E-state index contributed by atoms with van der Waals surface area (Å²) in [5.74, 6) is -2.19. The van der Waals surface area contributed by atoms with Gasteiger partial charge < -0.3 is 10.2 Å². The minimum atomic E-state index is -2.62. The molecule has 22 heavy (non-hydrogen) atoms. The molecule has 0 bridgehead atoms. The van der Waals surface area contributed by atoms with E-state index in [1.165, 1.54) is 10.5 Å². The van der Waals surface area contributed by atoms with Crippen molar-refractivity contribution in [3.63, 3.8) is 0 Å². The van der Waals surface area contributed by atoms with E-state index in [0.29, 0.717) is 11.5 Å². The van der Waals surface area contributed by atoms with Gasteiger partial charge in [-0.2, -0.15) is 0 Å². The first-order valence-electron chi connectivity index (χ1n) is 8.03. The average Bonchev–Trinajstić information content (AvgIpc) is 2.55. The molecule has 2 aliphatic rings. The number of hydrogen-bond donors (Lipinski definition) is 1. The van der Waals surface area contributed by atoms with Crippen molar-refractivity contribution in [3.8, 4) is 0 Å². The van der Waals surface area contributed by atoms with Gasteiger partial charge in [0.1, 0.15) is 0 Å². The highest BCUT2D eigenvalue weighted by Gasteiger charge is 2.35. The standard InChI is InChI=1S/C17H22F2N2O/c18-17(19)7-11-21(12-8-17)16(22)15-3-1-13(2-4-15)14-5-9-20-10-6-14/h1-4,14,20H,5-12H2. The maximum atomic E-state index is 13.2. The van der Waals surface area contributed by atoms with Crippen molar-refractivity contribution in [1.82, 2.24) is 10.2 Å². The van der Waals surface area contributed by atoms with Gasteiger partial charge in [-0.15, -0.1) is 0 Å². The lowest BCUT2D eigenvalue weighted by atomic mass is 9.90. The zero-order chi connectivity index (χ0) is 15.6. The molecule has 2 saturated heterocycles. The van der Waals surface area contributed by atoms with Gasteiger partial charge in [0.15, 0.2) is 0 Å². The molecule has 120 valence electrons. The molecule has 1 aromatic rings. The Morgan fingerprint density at radius 3 is 2.27 bits per heavy atom. The smallest absolute Gasteiger partial charge is 0.253 e. The molecule has 3 rings (SSSR count). The molecule has 0 aliphatic carbocycles. The summed E-state index contributed by atoms with van der Waals surface area (Å²) in [4.78, 5) is 13.9. The molecular formula is C17H22F2N2O. The molecule has 1 aromatic carbocycles. The number of alkyl halides is 2. The van der Waals surface area contributed by atoms with Gasteiger partial charge in [0, 0.05) is 31.5 Å². The third-order valence-corrected chi connectivity index (χ3v) is 4.75. The molecule has 5 heteroatoms. The second-order valence-electron chi connectivity index (χ2n) is 6.29. The van der Waals surface area contributed by atoms with Gasteiger partial charge >= 0.3 is 0 Å². The van der Waals surface area contributed by atoms with Gasteiger partial charge in [0.05, 0.1) is 0 Å². The van der Waals surface area contributed by atoms with Gasteiger partial charge in [0.25, 0.3) is 11.8 Å². The summed E-state index contributed by atoms with van der Waals surface area (Å²) >= 11 is 0. The van der Waals surface area contributed by atoms with E-state index in [2.05, 4.69) is 5.32 Å². The van der Waals surface area contributed by atoms with Crippen LogP contribution in [0.2, 0.25) is 0 Å². The molecule has 0 radical (unpaired) electrons. The fourth-order valence-corrected chi connectivity index (χ4v) is 3.27. The van der Waals surface area contributed by atoms with Crippen LogP contribution in [0.1, 0.15) is 47.5 Å². The summed E-state index contributed by atoms with van der Waals surface area (Å²) in [6.45, 7) is 2.35. The van der Waals surface area contributed by atoms with E-state index in [1.807, 2.05) is 24.3 Å². The Kier molecular flexibility index (Phi) is 4.43. The molecular weight excluding hydrogens is 286 g/mol. The Labute approximate surface area is 129 Å². The second kappa shape index (κ2) is 6.32. The van der Waals surface area contributed by atoms with Crippen LogP contribution in [0.5, 0.6) is 0 Å². The van der Waals surface area contributed by atoms with E-state index in [-0.39, 0.29) is 31.8 Å². The van der Waals surface area contributed by atoms with Crippen LogP contribution in [-0.2, 0) is 0 Å². The predicted molar refractivity (Wildman–Crippen MR) is 81.4 cm³/mol. The minimum Gasteiger partial charge on any atom is -0.338 e. The molecule has 0 unspecified atom stereocenters. The molecule has 1 amide bonds. The number of likely N-dealkylation sites (tertiary alicyclic amines) is 1.